The van der Waals surface area contributed by atoms with Crippen LogP contribution in [0.5, 0.6) is 0 Å². The van der Waals surface area contributed by atoms with Gasteiger partial charge in [0.2, 0.25) is 5.91 Å². The van der Waals surface area contributed by atoms with Crippen molar-refractivity contribution in [3.8, 4) is 0 Å². The number of nitrogens with one attached hydrogen (secondary N) is 2. The Morgan fingerprint density at radius 3 is 2.26 bits per heavy atom. The highest BCUT2D eigenvalue weighted by Gasteiger charge is 2.36. The highest BCUT2D eigenvalue weighted by atomic mass is 16.6. The van der Waals surface area contributed by atoms with E-state index in [9.17, 15) is 34.1 Å². The van der Waals surface area contributed by atoms with Gasteiger partial charge in [0, 0.05) is 29.8 Å². The summed E-state index contributed by atoms with van der Waals surface area (Å²) in [7, 11) is 0. The van der Waals surface area contributed by atoms with Gasteiger partial charge in [0.15, 0.2) is 6.61 Å². The number of carbonyl (C=O) groups excluding carboxylic acids is 5. The topological polar surface area (TPSA) is 174 Å². The van der Waals surface area contributed by atoms with Crippen molar-refractivity contribution < 1.29 is 38.4 Å². The van der Waals surface area contributed by atoms with Crippen LogP contribution in [-0.2, 0) is 23.9 Å². The first-order chi connectivity index (χ1) is 18.0. The molecule has 2 N–H and O–H groups in total. The van der Waals surface area contributed by atoms with E-state index in [2.05, 4.69) is 10.7 Å². The van der Waals surface area contributed by atoms with Crippen molar-refractivity contribution in [1.82, 2.24) is 10.4 Å². The lowest BCUT2D eigenvalue weighted by molar-refractivity contribution is -0.384. The van der Waals surface area contributed by atoms with E-state index in [1.54, 1.807) is 0 Å². The normalized spacial score (nSPS) is 14.7. The van der Waals surface area contributed by atoms with Gasteiger partial charge in [-0.3, -0.25) is 39.7 Å². The largest absolute Gasteiger partial charge is 0.462 e. The van der Waals surface area contributed by atoms with Crippen LogP contribution in [0.3, 0.4) is 0 Å². The summed E-state index contributed by atoms with van der Waals surface area (Å²) in [5.41, 5.74) is 2.96. The molecule has 0 aliphatic carbocycles. The number of amides is 3. The van der Waals surface area contributed by atoms with E-state index in [4.69, 9.17) is 9.47 Å². The molecule has 0 bridgehead atoms. The van der Waals surface area contributed by atoms with Crippen molar-refractivity contribution in [2.45, 2.75) is 20.3 Å². The summed E-state index contributed by atoms with van der Waals surface area (Å²) in [6.45, 7) is 3.37. The Bertz CT molecular complexity index is 1230. The number of hydrogen-bond acceptors (Lipinski definition) is 9. The highest BCUT2D eigenvalue weighted by Crippen LogP contribution is 2.19. The van der Waals surface area contributed by atoms with Crippen molar-refractivity contribution in [2.24, 2.45) is 11.8 Å². The molecule has 2 aromatic carbocycles. The van der Waals surface area contributed by atoms with Crippen LogP contribution < -0.4 is 10.7 Å². The van der Waals surface area contributed by atoms with Gasteiger partial charge in [-0.15, -0.1) is 0 Å². The molecule has 0 aromatic heterocycles. The molecule has 13 nitrogen and oxygen atoms in total. The van der Waals surface area contributed by atoms with Crippen LogP contribution in [-0.4, -0.2) is 59.4 Å². The number of anilines is 1. The van der Waals surface area contributed by atoms with Crippen LogP contribution in [0.1, 0.15) is 41.0 Å². The van der Waals surface area contributed by atoms with E-state index >= 15 is 0 Å². The van der Waals surface area contributed by atoms with E-state index < -0.39 is 47.1 Å². The van der Waals surface area contributed by atoms with Crippen LogP contribution in [0.25, 0.3) is 0 Å². The summed E-state index contributed by atoms with van der Waals surface area (Å²) in [5.74, 6) is -3.80. The van der Waals surface area contributed by atoms with Gasteiger partial charge in [-0.2, -0.15) is 0 Å². The fourth-order valence-electron chi connectivity index (χ4n) is 3.36. The molecule has 0 unspecified atom stereocenters. The smallest absolute Gasteiger partial charge is 0.338 e. The fraction of sp³-hybridized carbons (Fsp3) is 0.320. The number of carbonyl (C=O) groups is 5. The maximum absolute atomic E-state index is 12.4. The molecule has 200 valence electrons. The molecular formula is C25H26N4O9. The first-order valence-corrected chi connectivity index (χ1v) is 11.6. The summed E-state index contributed by atoms with van der Waals surface area (Å²) in [5, 5.41) is 14.2. The van der Waals surface area contributed by atoms with Gasteiger partial charge in [-0.25, -0.2) is 4.79 Å². The number of non-ortho nitro benzene ring substituents is 1. The summed E-state index contributed by atoms with van der Waals surface area (Å²) in [6, 6.07) is 10.8. The Balaban J connectivity index is 1.44. The highest BCUT2D eigenvalue weighted by molar-refractivity contribution is 5.97. The number of nitrogens with zero attached hydrogens (tertiary/aromatic N) is 2. The van der Waals surface area contributed by atoms with E-state index in [0.717, 1.165) is 17.1 Å². The van der Waals surface area contributed by atoms with Crippen molar-refractivity contribution in [2.75, 3.05) is 25.1 Å². The zero-order chi connectivity index (χ0) is 27.8. The van der Waals surface area contributed by atoms with E-state index in [1.807, 2.05) is 13.8 Å². The van der Waals surface area contributed by atoms with Crippen LogP contribution >= 0.6 is 0 Å². The van der Waals surface area contributed by atoms with Crippen LogP contribution in [0.15, 0.2) is 48.5 Å². The maximum atomic E-state index is 12.4. The summed E-state index contributed by atoms with van der Waals surface area (Å²) in [4.78, 5) is 71.2. The second-order valence-electron chi connectivity index (χ2n) is 8.88. The number of nitro groups is 1. The number of hydrazine groups is 1. The summed E-state index contributed by atoms with van der Waals surface area (Å²) < 4.78 is 10.2. The van der Waals surface area contributed by atoms with Gasteiger partial charge in [0.1, 0.15) is 0 Å². The number of benzene rings is 2. The zero-order valence-electron chi connectivity index (χ0n) is 20.7. The van der Waals surface area contributed by atoms with Gasteiger partial charge < -0.3 is 14.8 Å². The minimum absolute atomic E-state index is 0.0894. The van der Waals surface area contributed by atoms with E-state index in [0.29, 0.717) is 17.9 Å². The van der Waals surface area contributed by atoms with Crippen LogP contribution in [0.2, 0.25) is 0 Å². The molecule has 1 atom stereocenters. The SMILES string of the molecule is CC(C)COC(=O)c1ccc(NC(=O)COC(=O)[C@H]2CC(=O)N(NC(=O)c3ccc([N+](=O)[O-])cc3)C2)cc1. The number of hydrogen-bond donors (Lipinski definition) is 2. The zero-order valence-corrected chi connectivity index (χ0v) is 20.7. The third-order valence-corrected chi connectivity index (χ3v) is 5.33. The first-order valence-electron chi connectivity index (χ1n) is 11.6. The molecule has 3 rings (SSSR count). The predicted octanol–water partition coefficient (Wildman–Crippen LogP) is 2.08. The van der Waals surface area contributed by atoms with Gasteiger partial charge in [0.25, 0.3) is 17.5 Å². The molecule has 0 spiro atoms. The van der Waals surface area contributed by atoms with Gasteiger partial charge in [-0.1, -0.05) is 13.8 Å². The Morgan fingerprint density at radius 2 is 1.66 bits per heavy atom. The number of ether oxygens (including phenoxy) is 2. The third kappa shape index (κ3) is 7.59. The number of esters is 2. The minimum Gasteiger partial charge on any atom is -0.462 e. The van der Waals surface area contributed by atoms with Crippen LogP contribution in [0.4, 0.5) is 11.4 Å². The maximum Gasteiger partial charge on any atom is 0.338 e. The molecule has 1 aliphatic rings. The Morgan fingerprint density at radius 1 is 1.03 bits per heavy atom. The summed E-state index contributed by atoms with van der Waals surface area (Å²) in [6.07, 6.45) is -0.227. The van der Waals surface area contributed by atoms with Gasteiger partial charge in [0.05, 0.1) is 29.6 Å². The number of nitro benzene ring substituents is 1. The Hall–Kier alpha value is -4.81. The third-order valence-electron chi connectivity index (χ3n) is 5.33. The molecule has 3 amide bonds. The molecule has 1 aliphatic heterocycles. The molecule has 1 saturated heterocycles. The summed E-state index contributed by atoms with van der Waals surface area (Å²) >= 11 is 0. The van der Waals surface area contributed by atoms with E-state index in [1.165, 1.54) is 36.4 Å². The quantitative estimate of drug-likeness (QED) is 0.267. The fourth-order valence-corrected chi connectivity index (χ4v) is 3.36. The van der Waals surface area contributed by atoms with E-state index in [-0.39, 0.29) is 30.1 Å². The average molecular weight is 527 g/mol. The molecular weight excluding hydrogens is 500 g/mol. The second-order valence-corrected chi connectivity index (χ2v) is 8.88. The molecule has 0 radical (unpaired) electrons. The Kier molecular flexibility index (Phi) is 9.09. The average Bonchev–Trinajstić information content (AvgIpc) is 3.26. The molecule has 1 heterocycles. The van der Waals surface area contributed by atoms with Crippen LogP contribution in [0, 0.1) is 22.0 Å². The Labute approximate surface area is 217 Å². The van der Waals surface area contributed by atoms with Crippen molar-refractivity contribution >= 4 is 41.0 Å². The second kappa shape index (κ2) is 12.4. The minimum atomic E-state index is -0.899. The first kappa shape index (κ1) is 27.8. The molecule has 13 heteroatoms. The lowest BCUT2D eigenvalue weighted by Gasteiger charge is -2.17. The lowest BCUT2D eigenvalue weighted by Crippen LogP contribution is -2.43. The number of rotatable bonds is 10. The molecule has 38 heavy (non-hydrogen) atoms. The van der Waals surface area contributed by atoms with Gasteiger partial charge >= 0.3 is 11.9 Å². The van der Waals surface area contributed by atoms with Gasteiger partial charge in [-0.05, 0) is 42.3 Å². The molecule has 2 aromatic rings. The monoisotopic (exact) mass is 526 g/mol. The van der Waals surface area contributed by atoms with Crippen molar-refractivity contribution in [3.05, 3.63) is 69.8 Å². The van der Waals surface area contributed by atoms with Crippen molar-refractivity contribution in [3.63, 3.8) is 0 Å². The standard InChI is InChI=1S/C25H26N4O9/c1-15(2)13-37-24(33)17-3-7-19(8-4-17)26-21(30)14-38-25(34)18-11-22(31)28(12-18)27-23(32)16-5-9-20(10-6-16)29(35)36/h3-10,15,18H,11-14H2,1-2H3,(H,26,30)(H,27,32)/t18-/m0/s1. The molecule has 1 fully saturated rings. The molecule has 0 saturated carbocycles. The lowest BCUT2D eigenvalue weighted by atomic mass is 10.1. The van der Waals surface area contributed by atoms with Crippen molar-refractivity contribution in [1.29, 1.82) is 0 Å². The predicted molar refractivity (Wildman–Crippen MR) is 132 cm³/mol.